The molecule has 0 aromatic heterocycles. The number of hydrogen-bond acceptors (Lipinski definition) is 3. The van der Waals surface area contributed by atoms with Gasteiger partial charge >= 0.3 is 5.97 Å². The fourth-order valence-electron chi connectivity index (χ4n) is 1.06. The van der Waals surface area contributed by atoms with E-state index >= 15 is 0 Å². The average molecular weight is 255 g/mol. The number of nitrogens with two attached hydrogens (primary N) is 1. The Morgan fingerprint density at radius 2 is 1.72 bits per heavy atom. The highest BCUT2D eigenvalue weighted by molar-refractivity contribution is 5.85. The minimum Gasteiger partial charge on any atom is -0.463 e. The van der Waals surface area contributed by atoms with Crippen LogP contribution >= 0.6 is 0 Å². The van der Waals surface area contributed by atoms with E-state index in [-0.39, 0.29) is 5.97 Å². The normalized spacial score (nSPS) is 9.06. The van der Waals surface area contributed by atoms with Gasteiger partial charge in [-0.1, -0.05) is 46.3 Å². The van der Waals surface area contributed by atoms with Crippen molar-refractivity contribution in [1.82, 2.24) is 0 Å². The molecule has 4 nitrogen and oxygen atoms in total. The summed E-state index contributed by atoms with van der Waals surface area (Å²) in [5.41, 5.74) is 4.53. The van der Waals surface area contributed by atoms with E-state index in [0.29, 0.717) is 6.61 Å². The largest absolute Gasteiger partial charge is 0.463 e. The molecular weight excluding hydrogens is 230 g/mol. The summed E-state index contributed by atoms with van der Waals surface area (Å²) in [6.07, 6.45) is 6.85. The van der Waals surface area contributed by atoms with Crippen molar-refractivity contribution < 1.29 is 14.3 Å². The Morgan fingerprint density at radius 3 is 2.11 bits per heavy atom. The lowest BCUT2D eigenvalue weighted by molar-refractivity contribution is -0.137. The number of unbranched alkanes of at least 4 members (excludes halogenated alkanes) is 2. The average Bonchev–Trinajstić information content (AvgIpc) is 2.33. The number of primary amides is 1. The van der Waals surface area contributed by atoms with Gasteiger partial charge in [0.1, 0.15) is 0 Å². The molecule has 2 N–H and O–H groups in total. The number of esters is 1. The number of carbonyl (C=O) groups excluding carboxylic acids is 2. The van der Waals surface area contributed by atoms with Crippen LogP contribution in [0.3, 0.4) is 0 Å². The van der Waals surface area contributed by atoms with E-state index in [1.165, 1.54) is 18.9 Å². The van der Waals surface area contributed by atoms with Crippen LogP contribution in [0.15, 0.2) is 25.3 Å². The van der Waals surface area contributed by atoms with Crippen LogP contribution in [-0.4, -0.2) is 18.5 Å². The van der Waals surface area contributed by atoms with Crippen LogP contribution < -0.4 is 5.73 Å². The molecule has 0 radical (unpaired) electrons. The van der Waals surface area contributed by atoms with Crippen LogP contribution in [0.2, 0.25) is 0 Å². The van der Waals surface area contributed by atoms with E-state index in [1.54, 1.807) is 0 Å². The maximum absolute atomic E-state index is 10.6. The number of amides is 1. The quantitative estimate of drug-likeness (QED) is 0.412. The molecule has 1 amide bonds. The van der Waals surface area contributed by atoms with Crippen molar-refractivity contribution in [2.45, 2.75) is 39.5 Å². The topological polar surface area (TPSA) is 69.4 Å². The van der Waals surface area contributed by atoms with Gasteiger partial charge in [0.25, 0.3) is 0 Å². The lowest BCUT2D eigenvalue weighted by atomic mass is 10.1. The van der Waals surface area contributed by atoms with Crippen LogP contribution in [-0.2, 0) is 14.3 Å². The third kappa shape index (κ3) is 19.9. The van der Waals surface area contributed by atoms with E-state index in [1.807, 2.05) is 0 Å². The first-order chi connectivity index (χ1) is 8.43. The second-order valence-corrected chi connectivity index (χ2v) is 4.22. The summed E-state index contributed by atoms with van der Waals surface area (Å²) in [6.45, 7) is 11.4. The first-order valence-corrected chi connectivity index (χ1v) is 6.15. The van der Waals surface area contributed by atoms with Gasteiger partial charge in [0.05, 0.1) is 6.61 Å². The van der Waals surface area contributed by atoms with E-state index in [9.17, 15) is 9.59 Å². The highest BCUT2D eigenvalue weighted by atomic mass is 16.5. The molecule has 0 bridgehead atoms. The molecule has 0 aromatic rings. The number of rotatable bonds is 8. The van der Waals surface area contributed by atoms with Crippen molar-refractivity contribution in [3.8, 4) is 0 Å². The van der Waals surface area contributed by atoms with E-state index < -0.39 is 5.91 Å². The van der Waals surface area contributed by atoms with E-state index in [2.05, 4.69) is 32.7 Å². The smallest absolute Gasteiger partial charge is 0.330 e. The van der Waals surface area contributed by atoms with Gasteiger partial charge in [-0.15, -0.1) is 0 Å². The third-order valence-corrected chi connectivity index (χ3v) is 2.04. The molecule has 0 saturated heterocycles. The second-order valence-electron chi connectivity index (χ2n) is 4.22. The van der Waals surface area contributed by atoms with Gasteiger partial charge in [0.2, 0.25) is 5.91 Å². The van der Waals surface area contributed by atoms with E-state index in [0.717, 1.165) is 24.8 Å². The van der Waals surface area contributed by atoms with Gasteiger partial charge in [-0.2, -0.15) is 0 Å². The second kappa shape index (κ2) is 13.5. The lowest BCUT2D eigenvalue weighted by Gasteiger charge is -2.04. The molecule has 0 atom stereocenters. The zero-order chi connectivity index (χ0) is 14.4. The molecule has 0 saturated carbocycles. The van der Waals surface area contributed by atoms with Gasteiger partial charge in [0.15, 0.2) is 0 Å². The van der Waals surface area contributed by atoms with Crippen LogP contribution in [0.1, 0.15) is 39.5 Å². The standard InChI is InChI=1S/C11H20O2.C3H5NO/c1-4-11(12)13-9-7-5-6-8-10(2)3;1-2-3(4)5/h4,10H,1,5-9H2,2-3H3;2H,1H2,(H2,4,5). The molecule has 4 heteroatoms. The zero-order valence-corrected chi connectivity index (χ0v) is 11.5. The molecule has 0 aromatic carbocycles. The molecule has 0 aliphatic heterocycles. The molecule has 0 rings (SSSR count). The summed E-state index contributed by atoms with van der Waals surface area (Å²) in [5.74, 6) is -0.0235. The Labute approximate surface area is 110 Å². The highest BCUT2D eigenvalue weighted by Crippen LogP contribution is 2.07. The highest BCUT2D eigenvalue weighted by Gasteiger charge is 1.96. The Bertz CT molecular complexity index is 260. The molecule has 0 heterocycles. The minimum absolute atomic E-state index is 0.316. The van der Waals surface area contributed by atoms with Crippen LogP contribution in [0.25, 0.3) is 0 Å². The van der Waals surface area contributed by atoms with Crippen molar-refractivity contribution in [2.24, 2.45) is 11.7 Å². The molecule has 18 heavy (non-hydrogen) atoms. The van der Waals surface area contributed by atoms with Crippen molar-refractivity contribution in [1.29, 1.82) is 0 Å². The summed E-state index contributed by atoms with van der Waals surface area (Å²) in [7, 11) is 0. The van der Waals surface area contributed by atoms with Crippen molar-refractivity contribution in [3.05, 3.63) is 25.3 Å². The Kier molecular flexibility index (Phi) is 14.1. The first kappa shape index (κ1) is 18.8. The summed E-state index contributed by atoms with van der Waals surface area (Å²) < 4.78 is 4.84. The summed E-state index contributed by atoms with van der Waals surface area (Å²) >= 11 is 0. The Balaban J connectivity index is 0. The first-order valence-electron chi connectivity index (χ1n) is 6.15. The van der Waals surface area contributed by atoms with E-state index in [4.69, 9.17) is 4.74 Å². The minimum atomic E-state index is -0.481. The van der Waals surface area contributed by atoms with Crippen molar-refractivity contribution >= 4 is 11.9 Å². The maximum atomic E-state index is 10.6. The zero-order valence-electron chi connectivity index (χ0n) is 11.5. The fourth-order valence-corrected chi connectivity index (χ4v) is 1.06. The SMILES string of the molecule is C=CC(=O)OCCCCCC(C)C.C=CC(N)=O. The van der Waals surface area contributed by atoms with Crippen molar-refractivity contribution in [2.75, 3.05) is 6.61 Å². The lowest BCUT2D eigenvalue weighted by Crippen LogP contribution is -2.04. The molecule has 104 valence electrons. The van der Waals surface area contributed by atoms with Gasteiger partial charge in [-0.3, -0.25) is 4.79 Å². The summed E-state index contributed by atoms with van der Waals surface area (Å²) in [4.78, 5) is 20.1. The molecule has 0 aliphatic rings. The predicted molar refractivity (Wildman–Crippen MR) is 73.9 cm³/mol. The number of hydrogen-bond donors (Lipinski definition) is 1. The monoisotopic (exact) mass is 255 g/mol. The van der Waals surface area contributed by atoms with Crippen LogP contribution in [0, 0.1) is 5.92 Å². The maximum Gasteiger partial charge on any atom is 0.330 e. The number of carbonyl (C=O) groups is 2. The third-order valence-electron chi connectivity index (χ3n) is 2.04. The molecule has 0 fully saturated rings. The van der Waals surface area contributed by atoms with Gasteiger partial charge in [-0.25, -0.2) is 4.79 Å². The molecule has 0 spiro atoms. The summed E-state index contributed by atoms with van der Waals surface area (Å²) in [5, 5.41) is 0. The van der Waals surface area contributed by atoms with Gasteiger partial charge in [0, 0.05) is 6.08 Å². The molecular formula is C14H25NO3. The predicted octanol–water partition coefficient (Wildman–Crippen LogP) is 2.59. The van der Waals surface area contributed by atoms with Crippen LogP contribution in [0.5, 0.6) is 0 Å². The Morgan fingerprint density at radius 1 is 1.17 bits per heavy atom. The van der Waals surface area contributed by atoms with Gasteiger partial charge < -0.3 is 10.5 Å². The summed E-state index contributed by atoms with van der Waals surface area (Å²) in [6, 6.07) is 0. The van der Waals surface area contributed by atoms with Crippen LogP contribution in [0.4, 0.5) is 0 Å². The Hall–Kier alpha value is -1.58. The number of ether oxygens (including phenoxy) is 1. The fraction of sp³-hybridized carbons (Fsp3) is 0.571. The van der Waals surface area contributed by atoms with Gasteiger partial charge in [-0.05, 0) is 18.4 Å². The molecule has 0 unspecified atom stereocenters. The van der Waals surface area contributed by atoms with Crippen molar-refractivity contribution in [3.63, 3.8) is 0 Å². The molecule has 0 aliphatic carbocycles.